The van der Waals surface area contributed by atoms with Gasteiger partial charge in [0.1, 0.15) is 0 Å². The molecular weight excluding hydrogens is 198 g/mol. The first kappa shape index (κ1) is 12.0. The van der Waals surface area contributed by atoms with Gasteiger partial charge in [-0.1, -0.05) is 0 Å². The molecule has 1 unspecified atom stereocenters. The second-order valence-corrected chi connectivity index (χ2v) is 4.09. The fraction of sp³-hybridized carbons (Fsp3) is 0.800. The van der Waals surface area contributed by atoms with Crippen LogP contribution in [0.25, 0.3) is 0 Å². The first-order chi connectivity index (χ1) is 7.01. The van der Waals surface area contributed by atoms with Crippen LogP contribution in [0.4, 0.5) is 0 Å². The third-order valence-corrected chi connectivity index (χ3v) is 2.81. The average Bonchev–Trinajstić information content (AvgIpc) is 2.60. The largest absolute Gasteiger partial charge is 0.469 e. The highest BCUT2D eigenvalue weighted by atomic mass is 16.5. The molecule has 0 bridgehead atoms. The summed E-state index contributed by atoms with van der Waals surface area (Å²) in [5, 5.41) is 0. The Kier molecular flexibility index (Phi) is 3.68. The number of ether oxygens (including phenoxy) is 2. The van der Waals surface area contributed by atoms with Crippen LogP contribution in [0.5, 0.6) is 0 Å². The number of carbonyl (C=O) groups excluding carboxylic acids is 2. The molecule has 1 aliphatic rings. The van der Waals surface area contributed by atoms with Crippen molar-refractivity contribution in [2.24, 2.45) is 5.41 Å². The minimum atomic E-state index is -0.483. The predicted molar refractivity (Wildman–Crippen MR) is 53.2 cm³/mol. The van der Waals surface area contributed by atoms with Gasteiger partial charge < -0.3 is 9.47 Å². The number of hydrogen-bond acceptors (Lipinski definition) is 5. The molecule has 0 radical (unpaired) electrons. The van der Waals surface area contributed by atoms with Crippen LogP contribution in [-0.2, 0) is 19.1 Å². The topological polar surface area (TPSA) is 55.8 Å². The summed E-state index contributed by atoms with van der Waals surface area (Å²) in [6, 6.07) is 0. The third-order valence-electron chi connectivity index (χ3n) is 2.81. The second-order valence-electron chi connectivity index (χ2n) is 4.09. The maximum Gasteiger partial charge on any atom is 0.319 e. The van der Waals surface area contributed by atoms with E-state index in [2.05, 4.69) is 4.74 Å². The van der Waals surface area contributed by atoms with Crippen molar-refractivity contribution in [3.05, 3.63) is 0 Å². The van der Waals surface area contributed by atoms with E-state index in [9.17, 15) is 9.59 Å². The van der Waals surface area contributed by atoms with Gasteiger partial charge in [-0.05, 0) is 19.9 Å². The van der Waals surface area contributed by atoms with Gasteiger partial charge in [-0.15, -0.1) is 0 Å². The number of nitrogens with zero attached hydrogens (tertiary/aromatic N) is 1. The summed E-state index contributed by atoms with van der Waals surface area (Å²) in [7, 11) is 2.74. The lowest BCUT2D eigenvalue weighted by Crippen LogP contribution is -2.35. The van der Waals surface area contributed by atoms with Crippen LogP contribution in [0.15, 0.2) is 0 Å². The smallest absolute Gasteiger partial charge is 0.319 e. The number of likely N-dealkylation sites (tertiary alicyclic amines) is 1. The molecule has 0 spiro atoms. The van der Waals surface area contributed by atoms with Gasteiger partial charge in [0.15, 0.2) is 0 Å². The Labute approximate surface area is 89.3 Å². The monoisotopic (exact) mass is 215 g/mol. The lowest BCUT2D eigenvalue weighted by atomic mass is 9.90. The van der Waals surface area contributed by atoms with Crippen molar-refractivity contribution < 1.29 is 19.1 Å². The zero-order valence-electron chi connectivity index (χ0n) is 9.41. The Hall–Kier alpha value is -1.10. The minimum Gasteiger partial charge on any atom is -0.469 e. The highest BCUT2D eigenvalue weighted by Gasteiger charge is 2.41. The fourth-order valence-corrected chi connectivity index (χ4v) is 1.85. The van der Waals surface area contributed by atoms with Crippen molar-refractivity contribution in [3.8, 4) is 0 Å². The molecule has 0 amide bonds. The van der Waals surface area contributed by atoms with Crippen molar-refractivity contribution in [2.75, 3.05) is 33.9 Å². The molecule has 5 nitrogen and oxygen atoms in total. The Bertz CT molecular complexity index is 266. The summed E-state index contributed by atoms with van der Waals surface area (Å²) in [5.74, 6) is -0.487. The summed E-state index contributed by atoms with van der Waals surface area (Å²) in [6.07, 6.45) is 0.719. The lowest BCUT2D eigenvalue weighted by molar-refractivity contribution is -0.151. The summed E-state index contributed by atoms with van der Waals surface area (Å²) < 4.78 is 9.31. The van der Waals surface area contributed by atoms with Crippen LogP contribution in [0.2, 0.25) is 0 Å². The van der Waals surface area contributed by atoms with Gasteiger partial charge in [0.25, 0.3) is 0 Å². The van der Waals surface area contributed by atoms with E-state index in [0.717, 1.165) is 13.0 Å². The van der Waals surface area contributed by atoms with Crippen LogP contribution < -0.4 is 0 Å². The van der Waals surface area contributed by atoms with Crippen molar-refractivity contribution >= 4 is 11.9 Å². The van der Waals surface area contributed by atoms with Crippen molar-refractivity contribution in [1.29, 1.82) is 0 Å². The first-order valence-corrected chi connectivity index (χ1v) is 4.89. The van der Waals surface area contributed by atoms with E-state index in [1.54, 1.807) is 0 Å². The first-order valence-electron chi connectivity index (χ1n) is 4.89. The van der Waals surface area contributed by atoms with Gasteiger partial charge in [0, 0.05) is 6.54 Å². The molecule has 0 N–H and O–H groups in total. The van der Waals surface area contributed by atoms with Crippen LogP contribution in [0.1, 0.15) is 13.3 Å². The standard InChI is InChI=1S/C10H17NO4/c1-10(9(13)15-3)4-5-11(7-10)6-8(12)14-2/h4-7H2,1-3H3. The van der Waals surface area contributed by atoms with Crippen LogP contribution in [-0.4, -0.2) is 50.7 Å². The molecule has 1 rings (SSSR count). The van der Waals surface area contributed by atoms with Crippen molar-refractivity contribution in [3.63, 3.8) is 0 Å². The molecule has 1 saturated heterocycles. The van der Waals surface area contributed by atoms with E-state index in [1.165, 1.54) is 14.2 Å². The summed E-state index contributed by atoms with van der Waals surface area (Å²) in [5.41, 5.74) is -0.483. The second kappa shape index (κ2) is 4.61. The highest BCUT2D eigenvalue weighted by Crippen LogP contribution is 2.30. The zero-order chi connectivity index (χ0) is 11.5. The molecule has 0 aromatic heterocycles. The minimum absolute atomic E-state index is 0.213. The van der Waals surface area contributed by atoms with Gasteiger partial charge >= 0.3 is 11.9 Å². The maximum absolute atomic E-state index is 11.5. The molecule has 5 heteroatoms. The third kappa shape index (κ3) is 2.68. The fourth-order valence-electron chi connectivity index (χ4n) is 1.85. The molecule has 0 saturated carbocycles. The Morgan fingerprint density at radius 2 is 2.00 bits per heavy atom. The van der Waals surface area contributed by atoms with E-state index < -0.39 is 5.41 Å². The Morgan fingerprint density at radius 1 is 1.33 bits per heavy atom. The quantitative estimate of drug-likeness (QED) is 0.622. The van der Waals surface area contributed by atoms with Crippen LogP contribution >= 0.6 is 0 Å². The SMILES string of the molecule is COC(=O)CN1CCC(C)(C(=O)OC)C1. The van der Waals surface area contributed by atoms with Gasteiger partial charge in [-0.25, -0.2) is 0 Å². The molecule has 86 valence electrons. The molecule has 1 atom stereocenters. The number of carbonyl (C=O) groups is 2. The number of rotatable bonds is 3. The Morgan fingerprint density at radius 3 is 2.53 bits per heavy atom. The van der Waals surface area contributed by atoms with E-state index in [4.69, 9.17) is 4.74 Å². The van der Waals surface area contributed by atoms with Gasteiger partial charge in [-0.2, -0.15) is 0 Å². The molecule has 1 aliphatic heterocycles. The van der Waals surface area contributed by atoms with E-state index in [0.29, 0.717) is 6.54 Å². The lowest BCUT2D eigenvalue weighted by Gasteiger charge is -2.21. The molecule has 15 heavy (non-hydrogen) atoms. The van der Waals surface area contributed by atoms with Crippen molar-refractivity contribution in [2.45, 2.75) is 13.3 Å². The molecule has 0 aromatic carbocycles. The number of hydrogen-bond donors (Lipinski definition) is 0. The van der Waals surface area contributed by atoms with E-state index >= 15 is 0 Å². The van der Waals surface area contributed by atoms with E-state index in [1.807, 2.05) is 11.8 Å². The zero-order valence-corrected chi connectivity index (χ0v) is 9.41. The van der Waals surface area contributed by atoms with Crippen LogP contribution in [0.3, 0.4) is 0 Å². The number of methoxy groups -OCH3 is 2. The highest BCUT2D eigenvalue weighted by molar-refractivity contribution is 5.77. The molecule has 0 aliphatic carbocycles. The summed E-state index contributed by atoms with van der Waals surface area (Å²) in [4.78, 5) is 24.4. The average molecular weight is 215 g/mol. The normalized spacial score (nSPS) is 26.3. The molecule has 1 fully saturated rings. The van der Waals surface area contributed by atoms with Gasteiger partial charge in [0.2, 0.25) is 0 Å². The summed E-state index contributed by atoms with van der Waals surface area (Å²) >= 11 is 0. The van der Waals surface area contributed by atoms with Gasteiger partial charge in [0.05, 0.1) is 26.2 Å². The van der Waals surface area contributed by atoms with Crippen molar-refractivity contribution in [1.82, 2.24) is 4.90 Å². The van der Waals surface area contributed by atoms with Crippen LogP contribution in [0, 0.1) is 5.41 Å². The van der Waals surface area contributed by atoms with Gasteiger partial charge in [-0.3, -0.25) is 14.5 Å². The Balaban J connectivity index is 2.51. The predicted octanol–water partition coefficient (Wildman–Crippen LogP) is 0.0444. The number of esters is 2. The molecule has 1 heterocycles. The molecular formula is C10H17NO4. The maximum atomic E-state index is 11.5. The van der Waals surface area contributed by atoms with E-state index in [-0.39, 0.29) is 18.5 Å². The molecule has 0 aromatic rings. The summed E-state index contributed by atoms with van der Waals surface area (Å²) in [6.45, 7) is 3.37.